The quantitative estimate of drug-likeness (QED) is 0.700. The first-order valence-corrected chi connectivity index (χ1v) is 10.5. The van der Waals surface area contributed by atoms with Gasteiger partial charge in [0.15, 0.2) is 9.84 Å². The number of benzene rings is 1. The third kappa shape index (κ3) is 4.91. The maximum atomic E-state index is 11.9. The minimum absolute atomic E-state index is 0.00888. The van der Waals surface area contributed by atoms with E-state index in [2.05, 4.69) is 10.3 Å². The summed E-state index contributed by atoms with van der Waals surface area (Å²) in [6, 6.07) is 4.97. The summed E-state index contributed by atoms with van der Waals surface area (Å²) in [7, 11) is -3.52. The zero-order valence-corrected chi connectivity index (χ0v) is 16.8. The van der Waals surface area contributed by atoms with Gasteiger partial charge in [-0.3, -0.25) is 4.98 Å². The number of nitrogens with zero attached hydrogens (tertiary/aromatic N) is 2. The van der Waals surface area contributed by atoms with Gasteiger partial charge in [-0.15, -0.1) is 0 Å². The highest BCUT2D eigenvalue weighted by Crippen LogP contribution is 2.40. The van der Waals surface area contributed by atoms with Crippen LogP contribution in [0.2, 0.25) is 5.02 Å². The van der Waals surface area contributed by atoms with Crippen LogP contribution in [0.5, 0.6) is 5.75 Å². The number of aromatic nitrogens is 1. The molecule has 0 bridgehead atoms. The number of carboxylic acid groups (broad SMARTS) is 1. The number of halogens is 1. The molecule has 2 rings (SSSR count). The Hall–Kier alpha value is -2.83. The fourth-order valence-electron chi connectivity index (χ4n) is 2.63. The molecule has 1 aromatic carbocycles. The number of ether oxygens (including phenoxy) is 1. The maximum Gasteiger partial charge on any atom is 0.404 e. The van der Waals surface area contributed by atoms with Crippen LogP contribution >= 0.6 is 11.6 Å². The van der Waals surface area contributed by atoms with E-state index in [1.165, 1.54) is 18.5 Å². The molecule has 0 unspecified atom stereocenters. The molecular formula is C18H18ClN3O5S. The summed E-state index contributed by atoms with van der Waals surface area (Å²) in [5, 5.41) is 20.8. The molecule has 0 fully saturated rings. The maximum absolute atomic E-state index is 11.9. The third-order valence-corrected chi connectivity index (χ3v) is 5.19. The molecule has 0 atom stereocenters. The van der Waals surface area contributed by atoms with Crippen molar-refractivity contribution in [2.45, 2.75) is 18.2 Å². The molecule has 0 aliphatic heterocycles. The lowest BCUT2D eigenvalue weighted by Crippen LogP contribution is -2.23. The minimum atomic E-state index is -3.52. The number of rotatable bonds is 7. The highest BCUT2D eigenvalue weighted by atomic mass is 35.5. The molecule has 10 heteroatoms. The zero-order chi connectivity index (χ0) is 20.9. The zero-order valence-electron chi connectivity index (χ0n) is 15.2. The van der Waals surface area contributed by atoms with Crippen LogP contribution in [0.4, 0.5) is 4.79 Å². The lowest BCUT2D eigenvalue weighted by Gasteiger charge is -2.18. The monoisotopic (exact) mass is 423 g/mol. The summed E-state index contributed by atoms with van der Waals surface area (Å²) >= 11 is 6.27. The lowest BCUT2D eigenvalue weighted by atomic mass is 9.95. The summed E-state index contributed by atoms with van der Waals surface area (Å²) < 4.78 is 29.5. The van der Waals surface area contributed by atoms with Gasteiger partial charge in [0.1, 0.15) is 11.8 Å². The Morgan fingerprint density at radius 2 is 2.11 bits per heavy atom. The number of hydrogen-bond donors (Lipinski definition) is 2. The van der Waals surface area contributed by atoms with Gasteiger partial charge >= 0.3 is 6.09 Å². The Morgan fingerprint density at radius 3 is 2.68 bits per heavy atom. The van der Waals surface area contributed by atoms with Crippen molar-refractivity contribution in [3.8, 4) is 22.9 Å². The van der Waals surface area contributed by atoms with E-state index in [-0.39, 0.29) is 35.1 Å². The van der Waals surface area contributed by atoms with E-state index in [4.69, 9.17) is 21.4 Å². The number of nitriles is 1. The topological polar surface area (TPSA) is 129 Å². The number of carbonyl (C=O) groups is 1. The van der Waals surface area contributed by atoms with Crippen molar-refractivity contribution >= 4 is 27.5 Å². The number of sulfone groups is 1. The van der Waals surface area contributed by atoms with Crippen LogP contribution in [-0.4, -0.2) is 44.0 Å². The predicted octanol–water partition coefficient (Wildman–Crippen LogP) is 2.89. The van der Waals surface area contributed by atoms with Crippen molar-refractivity contribution in [3.63, 3.8) is 0 Å². The van der Waals surface area contributed by atoms with E-state index in [1.54, 1.807) is 13.0 Å². The van der Waals surface area contributed by atoms with Gasteiger partial charge < -0.3 is 15.2 Å². The molecule has 148 valence electrons. The first kappa shape index (κ1) is 21.5. The summed E-state index contributed by atoms with van der Waals surface area (Å²) in [5.41, 5.74) is 1.38. The number of pyridine rings is 1. The molecule has 1 aromatic heterocycles. The van der Waals surface area contributed by atoms with E-state index in [0.29, 0.717) is 22.4 Å². The molecule has 2 N–H and O–H groups in total. The van der Waals surface area contributed by atoms with Crippen LogP contribution in [0.3, 0.4) is 0 Å². The normalized spacial score (nSPS) is 10.9. The first-order valence-electron chi connectivity index (χ1n) is 8.19. The van der Waals surface area contributed by atoms with Gasteiger partial charge in [0, 0.05) is 36.3 Å². The number of hydrogen-bond acceptors (Lipinski definition) is 6. The summed E-state index contributed by atoms with van der Waals surface area (Å²) in [6.07, 6.45) is 2.79. The highest BCUT2D eigenvalue weighted by Gasteiger charge is 2.22. The number of nitrogens with one attached hydrogen (secondary N) is 1. The molecule has 0 radical (unpaired) electrons. The van der Waals surface area contributed by atoms with Gasteiger partial charge in [-0.2, -0.15) is 5.26 Å². The van der Waals surface area contributed by atoms with Crippen molar-refractivity contribution in [1.29, 1.82) is 5.26 Å². The molecule has 0 aliphatic rings. The summed E-state index contributed by atoms with van der Waals surface area (Å²) in [5.74, 6) is 0.336. The van der Waals surface area contributed by atoms with Gasteiger partial charge in [-0.05, 0) is 31.0 Å². The van der Waals surface area contributed by atoms with Crippen LogP contribution in [0.15, 0.2) is 29.4 Å². The van der Waals surface area contributed by atoms with Crippen molar-refractivity contribution in [2.24, 2.45) is 0 Å². The molecule has 0 saturated carbocycles. The molecule has 1 heterocycles. The van der Waals surface area contributed by atoms with Crippen molar-refractivity contribution in [3.05, 3.63) is 40.7 Å². The van der Waals surface area contributed by atoms with Crippen LogP contribution in [0.25, 0.3) is 11.1 Å². The van der Waals surface area contributed by atoms with Gasteiger partial charge in [0.2, 0.25) is 0 Å². The van der Waals surface area contributed by atoms with E-state index in [0.717, 1.165) is 6.26 Å². The minimum Gasteiger partial charge on any atom is -0.493 e. The van der Waals surface area contributed by atoms with Crippen LogP contribution < -0.4 is 10.1 Å². The average molecular weight is 424 g/mol. The Balaban J connectivity index is 2.72. The molecule has 0 aliphatic carbocycles. The van der Waals surface area contributed by atoms with Gasteiger partial charge in [0.25, 0.3) is 0 Å². The standard InChI is InChI=1S/C18H18ClN3O5S/c1-3-27-17-11(4-5-22-18(23)24)7-15(19)14(8-20)16(17)12-6-13(10-21-9-12)28(2,25)26/h6-7,9-10,22H,3-5H2,1-2H3,(H,23,24). The fraction of sp³-hybridized carbons (Fsp3) is 0.278. The largest absolute Gasteiger partial charge is 0.493 e. The van der Waals surface area contributed by atoms with Gasteiger partial charge in [0.05, 0.1) is 22.1 Å². The molecule has 2 aromatic rings. The van der Waals surface area contributed by atoms with E-state index >= 15 is 0 Å². The molecule has 0 spiro atoms. The van der Waals surface area contributed by atoms with Crippen LogP contribution in [-0.2, 0) is 16.3 Å². The van der Waals surface area contributed by atoms with E-state index in [1.807, 2.05) is 6.07 Å². The van der Waals surface area contributed by atoms with Crippen molar-refractivity contribution < 1.29 is 23.1 Å². The second kappa shape index (κ2) is 8.91. The van der Waals surface area contributed by atoms with Crippen molar-refractivity contribution in [1.82, 2.24) is 10.3 Å². The molecule has 28 heavy (non-hydrogen) atoms. The average Bonchev–Trinajstić information content (AvgIpc) is 2.62. The molecular weight excluding hydrogens is 406 g/mol. The van der Waals surface area contributed by atoms with E-state index < -0.39 is 15.9 Å². The van der Waals surface area contributed by atoms with Gasteiger partial charge in [-0.1, -0.05) is 11.6 Å². The highest BCUT2D eigenvalue weighted by molar-refractivity contribution is 7.90. The second-order valence-electron chi connectivity index (χ2n) is 5.80. The smallest absolute Gasteiger partial charge is 0.404 e. The molecule has 1 amide bonds. The van der Waals surface area contributed by atoms with Crippen LogP contribution in [0, 0.1) is 11.3 Å². The summed E-state index contributed by atoms with van der Waals surface area (Å²) in [6.45, 7) is 2.14. The Morgan fingerprint density at radius 1 is 1.39 bits per heavy atom. The first-order chi connectivity index (χ1) is 13.2. The van der Waals surface area contributed by atoms with Crippen molar-refractivity contribution in [2.75, 3.05) is 19.4 Å². The van der Waals surface area contributed by atoms with E-state index in [9.17, 15) is 18.5 Å². The Kier molecular flexibility index (Phi) is 6.83. The van der Waals surface area contributed by atoms with Gasteiger partial charge in [-0.25, -0.2) is 13.2 Å². The lowest BCUT2D eigenvalue weighted by molar-refractivity contribution is 0.194. The Labute approximate surface area is 167 Å². The second-order valence-corrected chi connectivity index (χ2v) is 8.23. The fourth-order valence-corrected chi connectivity index (χ4v) is 3.49. The predicted molar refractivity (Wildman–Crippen MR) is 103 cm³/mol. The number of amides is 1. The molecule has 0 saturated heterocycles. The molecule has 8 nitrogen and oxygen atoms in total. The Bertz CT molecular complexity index is 1050. The summed E-state index contributed by atoms with van der Waals surface area (Å²) in [4.78, 5) is 14.7. The van der Waals surface area contributed by atoms with Crippen LogP contribution in [0.1, 0.15) is 18.1 Å². The SMILES string of the molecule is CCOc1c(CCNC(=O)O)cc(Cl)c(C#N)c1-c1cncc(S(C)(=O)=O)c1. The third-order valence-electron chi connectivity index (χ3n) is 3.81.